The maximum Gasteiger partial charge on any atom is 0.138 e. The Bertz CT molecular complexity index is 3930. The van der Waals surface area contributed by atoms with E-state index in [4.69, 9.17) is 4.74 Å². The van der Waals surface area contributed by atoms with Crippen molar-refractivity contribution >= 4 is 44.9 Å². The minimum Gasteiger partial charge on any atom is -0.456 e. The van der Waals surface area contributed by atoms with Crippen LogP contribution in [-0.4, -0.2) is 0 Å². The lowest BCUT2D eigenvalue weighted by Crippen LogP contribution is -2.28. The summed E-state index contributed by atoms with van der Waals surface area (Å²) in [5, 5.41) is 2.23. The van der Waals surface area contributed by atoms with Crippen molar-refractivity contribution in [1.29, 1.82) is 0 Å². The van der Waals surface area contributed by atoms with Crippen molar-refractivity contribution in [2.45, 2.75) is 5.41 Å². The highest BCUT2D eigenvalue weighted by atomic mass is 16.5. The molecule has 3 nitrogen and oxygen atoms in total. The summed E-state index contributed by atoms with van der Waals surface area (Å²) in [7, 11) is 0. The molecule has 0 aromatic heterocycles. The molecular formula is C71H48N2O. The van der Waals surface area contributed by atoms with Gasteiger partial charge >= 0.3 is 0 Å². The Balaban J connectivity index is 0.930. The van der Waals surface area contributed by atoms with Gasteiger partial charge in [-0.05, 0) is 133 Å². The van der Waals surface area contributed by atoms with Crippen molar-refractivity contribution in [2.24, 2.45) is 0 Å². The van der Waals surface area contributed by atoms with E-state index in [0.29, 0.717) is 0 Å². The first-order chi connectivity index (χ1) is 36.7. The summed E-state index contributed by atoms with van der Waals surface area (Å²) in [5.74, 6) is 1.64. The van der Waals surface area contributed by atoms with Crippen LogP contribution in [0.5, 0.6) is 11.5 Å². The van der Waals surface area contributed by atoms with Crippen molar-refractivity contribution in [2.75, 3.05) is 9.80 Å². The molecule has 0 N–H and O–H groups in total. The van der Waals surface area contributed by atoms with E-state index in [2.05, 4.69) is 301 Å². The molecule has 0 atom stereocenters. The standard InChI is InChI=1S/C71H48N2O/c1-6-19-49(20-7-1)50-33-35-51(36-34-50)52-37-39-58(40-38-52)73(59-41-43-63-62-30-16-17-32-66(62)71(67(63)46-59,54-22-8-2-9-23-54)55-24-10-3-11-25-55)60-42-44-64-65-31-18-21-53-45-61(48-69(70(53)65)74-68(64)47-60)72(56-26-12-4-13-27-56)57-28-14-5-15-29-57/h1-48H. The molecule has 0 saturated heterocycles. The molecule has 0 radical (unpaired) electrons. The number of hydrogen-bond donors (Lipinski definition) is 0. The fourth-order valence-electron chi connectivity index (χ4n) is 11.8. The van der Waals surface area contributed by atoms with Gasteiger partial charge in [0, 0.05) is 51.5 Å². The molecular weight excluding hydrogens is 897 g/mol. The number of ether oxygens (including phenoxy) is 1. The molecule has 1 aliphatic heterocycles. The van der Waals surface area contributed by atoms with Crippen LogP contribution in [0.4, 0.5) is 34.1 Å². The predicted molar refractivity (Wildman–Crippen MR) is 307 cm³/mol. The topological polar surface area (TPSA) is 15.7 Å². The van der Waals surface area contributed by atoms with Gasteiger partial charge in [-0.2, -0.15) is 0 Å². The molecule has 12 aromatic carbocycles. The number of nitrogens with zero attached hydrogens (tertiary/aromatic N) is 2. The third kappa shape index (κ3) is 7.12. The summed E-state index contributed by atoms with van der Waals surface area (Å²) >= 11 is 0. The monoisotopic (exact) mass is 944 g/mol. The van der Waals surface area contributed by atoms with E-state index in [9.17, 15) is 0 Å². The summed E-state index contributed by atoms with van der Waals surface area (Å²) in [4.78, 5) is 4.70. The number of anilines is 6. The molecule has 14 rings (SSSR count). The predicted octanol–water partition coefficient (Wildman–Crippen LogP) is 19.2. The van der Waals surface area contributed by atoms with E-state index >= 15 is 0 Å². The first-order valence-corrected chi connectivity index (χ1v) is 25.4. The first kappa shape index (κ1) is 43.1. The van der Waals surface area contributed by atoms with Gasteiger partial charge in [-0.25, -0.2) is 0 Å². The van der Waals surface area contributed by atoms with E-state index in [1.54, 1.807) is 0 Å². The summed E-state index contributed by atoms with van der Waals surface area (Å²) < 4.78 is 7.20. The summed E-state index contributed by atoms with van der Waals surface area (Å²) in [6.07, 6.45) is 0. The van der Waals surface area contributed by atoms with Crippen LogP contribution in [0.1, 0.15) is 22.3 Å². The average Bonchev–Trinajstić information content (AvgIpc) is 3.78. The Hall–Kier alpha value is -9.70. The van der Waals surface area contributed by atoms with Crippen molar-refractivity contribution < 1.29 is 4.74 Å². The minimum atomic E-state index is -0.557. The van der Waals surface area contributed by atoms with Crippen LogP contribution in [0, 0.1) is 0 Å². The quantitative estimate of drug-likeness (QED) is 0.136. The van der Waals surface area contributed by atoms with Gasteiger partial charge in [-0.3, -0.25) is 0 Å². The van der Waals surface area contributed by atoms with Crippen molar-refractivity contribution in [3.63, 3.8) is 0 Å². The van der Waals surface area contributed by atoms with E-state index in [-0.39, 0.29) is 0 Å². The Labute approximate surface area is 432 Å². The molecule has 0 spiro atoms. The highest BCUT2D eigenvalue weighted by Gasteiger charge is 2.46. The second-order valence-electron chi connectivity index (χ2n) is 19.2. The van der Waals surface area contributed by atoms with Gasteiger partial charge in [0.1, 0.15) is 11.5 Å². The molecule has 3 heteroatoms. The average molecular weight is 945 g/mol. The number of hydrogen-bond acceptors (Lipinski definition) is 3. The Morgan fingerprint density at radius 3 is 1.31 bits per heavy atom. The summed E-state index contributed by atoms with van der Waals surface area (Å²) in [6, 6.07) is 106. The van der Waals surface area contributed by atoms with Crippen LogP contribution in [-0.2, 0) is 5.41 Å². The third-order valence-electron chi connectivity index (χ3n) is 15.1. The zero-order valence-electron chi connectivity index (χ0n) is 40.5. The molecule has 12 aromatic rings. The van der Waals surface area contributed by atoms with E-state index in [0.717, 1.165) is 73.1 Å². The second-order valence-corrected chi connectivity index (χ2v) is 19.2. The zero-order chi connectivity index (χ0) is 49.0. The highest BCUT2D eigenvalue weighted by Crippen LogP contribution is 2.58. The Morgan fingerprint density at radius 1 is 0.257 bits per heavy atom. The van der Waals surface area contributed by atoms with Crippen molar-refractivity contribution in [3.05, 3.63) is 313 Å². The highest BCUT2D eigenvalue weighted by molar-refractivity contribution is 6.06. The van der Waals surface area contributed by atoms with Gasteiger partial charge in [0.25, 0.3) is 0 Å². The molecule has 0 fully saturated rings. The summed E-state index contributed by atoms with van der Waals surface area (Å²) in [5.41, 5.74) is 20.1. The fourth-order valence-corrected chi connectivity index (χ4v) is 11.8. The van der Waals surface area contributed by atoms with Gasteiger partial charge in [0.05, 0.1) is 11.1 Å². The Kier molecular flexibility index (Phi) is 10.4. The third-order valence-corrected chi connectivity index (χ3v) is 15.1. The maximum absolute atomic E-state index is 7.20. The normalized spacial score (nSPS) is 12.5. The lowest BCUT2D eigenvalue weighted by molar-refractivity contribution is 0.487. The number of benzene rings is 12. The molecule has 0 bridgehead atoms. The lowest BCUT2D eigenvalue weighted by Gasteiger charge is -2.35. The molecule has 348 valence electrons. The van der Waals surface area contributed by atoms with Gasteiger partial charge in [-0.15, -0.1) is 0 Å². The molecule has 0 saturated carbocycles. The zero-order valence-corrected chi connectivity index (χ0v) is 40.5. The molecule has 0 amide bonds. The van der Waals surface area contributed by atoms with Crippen LogP contribution in [0.15, 0.2) is 291 Å². The van der Waals surface area contributed by atoms with Gasteiger partial charge in [0.15, 0.2) is 0 Å². The van der Waals surface area contributed by atoms with Crippen molar-refractivity contribution in [1.82, 2.24) is 0 Å². The Morgan fingerprint density at radius 2 is 0.689 bits per heavy atom. The smallest absolute Gasteiger partial charge is 0.138 e. The SMILES string of the molecule is c1ccc(-c2ccc(-c3ccc(N(c4ccc5c(c4)Oc4cc(N(c6ccccc6)c6ccccc6)cc6cccc-5c46)c4ccc5c(c4)C(c4ccccc4)(c4ccccc4)c4ccccc4-5)cc3)cc2)cc1. The maximum atomic E-state index is 7.20. The molecule has 2 aliphatic rings. The molecule has 1 aliphatic carbocycles. The largest absolute Gasteiger partial charge is 0.456 e. The van der Waals surface area contributed by atoms with Crippen LogP contribution >= 0.6 is 0 Å². The first-order valence-electron chi connectivity index (χ1n) is 25.4. The van der Waals surface area contributed by atoms with Crippen LogP contribution in [0.2, 0.25) is 0 Å². The second kappa shape index (κ2) is 17.9. The van der Waals surface area contributed by atoms with Crippen molar-refractivity contribution in [3.8, 4) is 56.0 Å². The summed E-state index contributed by atoms with van der Waals surface area (Å²) in [6.45, 7) is 0. The minimum absolute atomic E-state index is 0.557. The molecule has 74 heavy (non-hydrogen) atoms. The lowest BCUT2D eigenvalue weighted by atomic mass is 9.67. The number of para-hydroxylation sites is 2. The van der Waals surface area contributed by atoms with Gasteiger partial charge < -0.3 is 14.5 Å². The van der Waals surface area contributed by atoms with E-state index in [1.807, 2.05) is 0 Å². The van der Waals surface area contributed by atoms with E-state index in [1.165, 1.54) is 50.1 Å². The fraction of sp³-hybridized carbons (Fsp3) is 0.0141. The molecule has 1 heterocycles. The van der Waals surface area contributed by atoms with Crippen LogP contribution in [0.3, 0.4) is 0 Å². The van der Waals surface area contributed by atoms with E-state index < -0.39 is 5.41 Å². The van der Waals surface area contributed by atoms with Crippen LogP contribution in [0.25, 0.3) is 55.3 Å². The van der Waals surface area contributed by atoms with Gasteiger partial charge in [0.2, 0.25) is 0 Å². The molecule has 0 unspecified atom stereocenters. The number of rotatable bonds is 10. The van der Waals surface area contributed by atoms with Gasteiger partial charge in [-0.1, -0.05) is 212 Å². The van der Waals surface area contributed by atoms with Crippen LogP contribution < -0.4 is 14.5 Å². The number of fused-ring (bicyclic) bond motifs is 5.